The number of hydrogen-bond acceptors (Lipinski definition) is 4. The molecule has 5 nitrogen and oxygen atoms in total. The highest BCUT2D eigenvalue weighted by molar-refractivity contribution is 5.73. The van der Waals surface area contributed by atoms with Crippen molar-refractivity contribution in [3.8, 4) is 0 Å². The molecule has 0 aromatic heterocycles. The van der Waals surface area contributed by atoms with Crippen molar-refractivity contribution in [1.82, 2.24) is 4.90 Å². The lowest BCUT2D eigenvalue weighted by molar-refractivity contribution is -0.152. The largest absolute Gasteiger partial charge is 0.480 e. The molecule has 0 amide bonds. The van der Waals surface area contributed by atoms with Crippen molar-refractivity contribution in [3.63, 3.8) is 0 Å². The third kappa shape index (κ3) is 2.36. The number of morpholine rings is 1. The summed E-state index contributed by atoms with van der Waals surface area (Å²) in [5.74, 6) is -0.328. The van der Waals surface area contributed by atoms with Crippen LogP contribution in [0.15, 0.2) is 0 Å². The van der Waals surface area contributed by atoms with Gasteiger partial charge in [0.2, 0.25) is 0 Å². The third-order valence-electron chi connectivity index (χ3n) is 3.63. The summed E-state index contributed by atoms with van der Waals surface area (Å²) in [5.41, 5.74) is 0. The predicted octanol–water partition coefficient (Wildman–Crippen LogP) is 0.197. The average molecular weight is 229 g/mol. The fourth-order valence-corrected chi connectivity index (χ4v) is 2.52. The Hall–Kier alpha value is -0.650. The van der Waals surface area contributed by atoms with E-state index in [0.717, 1.165) is 19.6 Å². The van der Waals surface area contributed by atoms with Crippen LogP contribution in [-0.4, -0.2) is 61.0 Å². The number of rotatable bonds is 3. The molecule has 0 saturated carbocycles. The zero-order valence-electron chi connectivity index (χ0n) is 9.59. The monoisotopic (exact) mass is 229 g/mol. The molecule has 16 heavy (non-hydrogen) atoms. The van der Waals surface area contributed by atoms with E-state index in [-0.39, 0.29) is 6.04 Å². The SMILES string of the molecule is CC(C1CCOC1)N1CCOCC1C(=O)O. The van der Waals surface area contributed by atoms with Crippen LogP contribution in [0.2, 0.25) is 0 Å². The molecule has 2 aliphatic heterocycles. The fraction of sp³-hybridized carbons (Fsp3) is 0.909. The van der Waals surface area contributed by atoms with E-state index in [9.17, 15) is 4.79 Å². The molecule has 0 radical (unpaired) electrons. The zero-order chi connectivity index (χ0) is 11.5. The number of carbonyl (C=O) groups is 1. The Morgan fingerprint density at radius 3 is 2.75 bits per heavy atom. The van der Waals surface area contributed by atoms with E-state index in [1.54, 1.807) is 0 Å². The van der Waals surface area contributed by atoms with E-state index in [0.29, 0.717) is 25.7 Å². The summed E-state index contributed by atoms with van der Waals surface area (Å²) in [5, 5.41) is 9.15. The molecule has 0 aromatic carbocycles. The van der Waals surface area contributed by atoms with Gasteiger partial charge in [0.1, 0.15) is 6.04 Å². The standard InChI is InChI=1S/C11H19NO4/c1-8(9-2-4-15-6-9)12-3-5-16-7-10(12)11(13)14/h8-10H,2-7H2,1H3,(H,13,14). The van der Waals surface area contributed by atoms with Gasteiger partial charge in [-0.1, -0.05) is 0 Å². The van der Waals surface area contributed by atoms with Gasteiger partial charge in [-0.2, -0.15) is 0 Å². The Labute approximate surface area is 95.3 Å². The summed E-state index contributed by atoms with van der Waals surface area (Å²) >= 11 is 0. The lowest BCUT2D eigenvalue weighted by atomic mass is 9.97. The summed E-state index contributed by atoms with van der Waals surface area (Å²) in [7, 11) is 0. The predicted molar refractivity (Wildman–Crippen MR) is 57.3 cm³/mol. The maximum Gasteiger partial charge on any atom is 0.323 e. The number of nitrogens with zero attached hydrogens (tertiary/aromatic N) is 1. The smallest absolute Gasteiger partial charge is 0.323 e. The van der Waals surface area contributed by atoms with Crippen LogP contribution >= 0.6 is 0 Å². The second-order valence-electron chi connectivity index (χ2n) is 4.53. The summed E-state index contributed by atoms with van der Waals surface area (Å²) < 4.78 is 10.6. The Kier molecular flexibility index (Phi) is 3.78. The van der Waals surface area contributed by atoms with Gasteiger partial charge in [0.05, 0.1) is 19.8 Å². The summed E-state index contributed by atoms with van der Waals surface area (Å²) in [6, 6.07) is -0.239. The molecule has 0 bridgehead atoms. The highest BCUT2D eigenvalue weighted by Gasteiger charge is 2.36. The van der Waals surface area contributed by atoms with Gasteiger partial charge >= 0.3 is 5.97 Å². The first kappa shape index (κ1) is 11.8. The first-order chi connectivity index (χ1) is 7.70. The summed E-state index contributed by atoms with van der Waals surface area (Å²) in [6.07, 6.45) is 1.03. The highest BCUT2D eigenvalue weighted by Crippen LogP contribution is 2.23. The molecule has 5 heteroatoms. The molecule has 2 fully saturated rings. The van der Waals surface area contributed by atoms with Crippen LogP contribution in [0.5, 0.6) is 0 Å². The first-order valence-electron chi connectivity index (χ1n) is 5.84. The van der Waals surface area contributed by atoms with Gasteiger partial charge in [0, 0.05) is 19.2 Å². The Balaban J connectivity index is 2.01. The molecule has 0 aromatic rings. The van der Waals surface area contributed by atoms with Crippen molar-refractivity contribution in [1.29, 1.82) is 0 Å². The van der Waals surface area contributed by atoms with E-state index in [2.05, 4.69) is 6.92 Å². The second-order valence-corrected chi connectivity index (χ2v) is 4.53. The lowest BCUT2D eigenvalue weighted by Gasteiger charge is -2.39. The Morgan fingerprint density at radius 2 is 2.12 bits per heavy atom. The molecule has 2 rings (SSSR count). The molecule has 0 spiro atoms. The van der Waals surface area contributed by atoms with Gasteiger partial charge in [0.15, 0.2) is 0 Å². The van der Waals surface area contributed by atoms with Gasteiger partial charge < -0.3 is 14.6 Å². The van der Waals surface area contributed by atoms with Crippen LogP contribution in [0.4, 0.5) is 0 Å². The summed E-state index contributed by atoms with van der Waals surface area (Å²) in [6.45, 7) is 5.28. The minimum Gasteiger partial charge on any atom is -0.480 e. The van der Waals surface area contributed by atoms with E-state index in [1.807, 2.05) is 4.90 Å². The van der Waals surface area contributed by atoms with E-state index < -0.39 is 12.0 Å². The number of aliphatic carboxylic acids is 1. The van der Waals surface area contributed by atoms with Crippen LogP contribution in [0.25, 0.3) is 0 Å². The van der Waals surface area contributed by atoms with Crippen LogP contribution < -0.4 is 0 Å². The van der Waals surface area contributed by atoms with Gasteiger partial charge in [-0.15, -0.1) is 0 Å². The van der Waals surface area contributed by atoms with Crippen molar-refractivity contribution >= 4 is 5.97 Å². The Bertz CT molecular complexity index is 252. The molecule has 92 valence electrons. The fourth-order valence-electron chi connectivity index (χ4n) is 2.52. The molecule has 2 heterocycles. The van der Waals surface area contributed by atoms with Gasteiger partial charge in [-0.05, 0) is 19.3 Å². The minimum atomic E-state index is -0.787. The quantitative estimate of drug-likeness (QED) is 0.749. The van der Waals surface area contributed by atoms with Crippen molar-refractivity contribution in [2.24, 2.45) is 5.92 Å². The number of carboxylic acids is 1. The van der Waals surface area contributed by atoms with E-state index in [1.165, 1.54) is 0 Å². The molecule has 2 saturated heterocycles. The average Bonchev–Trinajstić information content (AvgIpc) is 2.81. The molecule has 3 unspecified atom stereocenters. The van der Waals surface area contributed by atoms with Crippen LogP contribution in [0.3, 0.4) is 0 Å². The number of carboxylic acid groups (broad SMARTS) is 1. The maximum absolute atomic E-state index is 11.1. The Morgan fingerprint density at radius 1 is 1.38 bits per heavy atom. The molecular weight excluding hydrogens is 210 g/mol. The highest BCUT2D eigenvalue weighted by atomic mass is 16.5. The summed E-state index contributed by atoms with van der Waals surface area (Å²) in [4.78, 5) is 13.2. The minimum absolute atomic E-state index is 0.257. The van der Waals surface area contributed by atoms with Gasteiger partial charge in [-0.25, -0.2) is 0 Å². The molecule has 1 N–H and O–H groups in total. The van der Waals surface area contributed by atoms with Gasteiger partial charge in [0.25, 0.3) is 0 Å². The van der Waals surface area contributed by atoms with Crippen molar-refractivity contribution in [2.45, 2.75) is 25.4 Å². The van der Waals surface area contributed by atoms with Crippen molar-refractivity contribution in [2.75, 3.05) is 33.0 Å². The van der Waals surface area contributed by atoms with Crippen LogP contribution in [0.1, 0.15) is 13.3 Å². The lowest BCUT2D eigenvalue weighted by Crippen LogP contribution is -2.55. The second kappa shape index (κ2) is 5.12. The van der Waals surface area contributed by atoms with Crippen LogP contribution in [0, 0.1) is 5.92 Å². The van der Waals surface area contributed by atoms with Crippen LogP contribution in [-0.2, 0) is 14.3 Å². The molecular formula is C11H19NO4. The third-order valence-corrected chi connectivity index (χ3v) is 3.63. The molecule has 2 aliphatic rings. The van der Waals surface area contributed by atoms with E-state index >= 15 is 0 Å². The normalized spacial score (nSPS) is 33.8. The number of ether oxygens (including phenoxy) is 2. The van der Waals surface area contributed by atoms with Crippen molar-refractivity contribution in [3.05, 3.63) is 0 Å². The topological polar surface area (TPSA) is 59.0 Å². The number of hydrogen-bond donors (Lipinski definition) is 1. The zero-order valence-corrected chi connectivity index (χ0v) is 9.59. The van der Waals surface area contributed by atoms with Crippen molar-refractivity contribution < 1.29 is 19.4 Å². The molecule has 3 atom stereocenters. The first-order valence-corrected chi connectivity index (χ1v) is 5.84. The maximum atomic E-state index is 11.1. The van der Waals surface area contributed by atoms with Gasteiger partial charge in [-0.3, -0.25) is 9.69 Å². The molecule has 0 aliphatic carbocycles. The van der Waals surface area contributed by atoms with E-state index in [4.69, 9.17) is 14.6 Å².